The predicted octanol–water partition coefficient (Wildman–Crippen LogP) is 2.23. The van der Waals surface area contributed by atoms with Crippen LogP contribution in [0.3, 0.4) is 0 Å². The average Bonchev–Trinajstić information content (AvgIpc) is 3.11. The van der Waals surface area contributed by atoms with Crippen LogP contribution in [0.25, 0.3) is 11.3 Å². The third kappa shape index (κ3) is 3.68. The number of nitrogens with zero attached hydrogens (tertiary/aromatic N) is 3. The Bertz CT molecular complexity index is 980. The van der Waals surface area contributed by atoms with Gasteiger partial charge < -0.3 is 4.90 Å². The number of nitrogens with one attached hydrogen (secondary N) is 1. The predicted molar refractivity (Wildman–Crippen MR) is 103 cm³/mol. The van der Waals surface area contributed by atoms with E-state index in [-0.39, 0.29) is 12.6 Å². The first-order valence-corrected chi connectivity index (χ1v) is 11.1. The fourth-order valence-electron chi connectivity index (χ4n) is 3.66. The smallest absolute Gasteiger partial charge is 0.226 e. The Morgan fingerprint density at radius 3 is 2.81 bits per heavy atom. The second-order valence-electron chi connectivity index (χ2n) is 7.35. The Morgan fingerprint density at radius 1 is 1.30 bits per heavy atom. The number of alkyl halides is 1. The molecule has 0 unspecified atom stereocenters. The molecule has 1 aromatic carbocycles. The summed E-state index contributed by atoms with van der Waals surface area (Å²) in [6, 6.07) is 7.52. The van der Waals surface area contributed by atoms with Crippen molar-refractivity contribution in [1.29, 1.82) is 0 Å². The second kappa shape index (κ2) is 6.83. The van der Waals surface area contributed by atoms with Crippen LogP contribution in [0.15, 0.2) is 24.3 Å². The van der Waals surface area contributed by atoms with Gasteiger partial charge in [-0.2, -0.15) is 0 Å². The van der Waals surface area contributed by atoms with Crippen molar-refractivity contribution in [3.05, 3.63) is 41.1 Å². The maximum Gasteiger partial charge on any atom is 0.226 e. The highest BCUT2D eigenvalue weighted by atomic mass is 32.2. The number of anilines is 1. The summed E-state index contributed by atoms with van der Waals surface area (Å²) in [6.45, 7) is 2.42. The lowest BCUT2D eigenvalue weighted by Gasteiger charge is -2.42. The molecular weight excluding hydrogens is 367 g/mol. The molecule has 1 fully saturated rings. The van der Waals surface area contributed by atoms with Gasteiger partial charge in [-0.25, -0.2) is 27.5 Å². The average molecular weight is 390 g/mol. The molecule has 4 rings (SSSR count). The number of aromatic nitrogens is 2. The van der Waals surface area contributed by atoms with E-state index >= 15 is 0 Å². The van der Waals surface area contributed by atoms with Crippen molar-refractivity contribution in [2.45, 2.75) is 44.9 Å². The van der Waals surface area contributed by atoms with Gasteiger partial charge in [-0.3, -0.25) is 0 Å². The molecule has 2 heterocycles. The van der Waals surface area contributed by atoms with Crippen molar-refractivity contribution in [3.8, 4) is 11.3 Å². The van der Waals surface area contributed by atoms with Gasteiger partial charge in [0.15, 0.2) is 0 Å². The van der Waals surface area contributed by atoms with E-state index in [1.807, 2.05) is 36.1 Å². The summed E-state index contributed by atoms with van der Waals surface area (Å²) in [5, 5.41) is 0. The fraction of sp³-hybridized carbons (Fsp3) is 0.474. The molecule has 0 saturated carbocycles. The van der Waals surface area contributed by atoms with Crippen molar-refractivity contribution in [2.75, 3.05) is 17.7 Å². The summed E-state index contributed by atoms with van der Waals surface area (Å²) in [7, 11) is -3.25. The molecule has 27 heavy (non-hydrogen) atoms. The minimum atomic E-state index is -3.25. The molecule has 1 aromatic heterocycles. The van der Waals surface area contributed by atoms with Gasteiger partial charge in [-0.15, -0.1) is 0 Å². The summed E-state index contributed by atoms with van der Waals surface area (Å²) < 4.78 is 38.9. The largest absolute Gasteiger partial charge is 0.332 e. The zero-order chi connectivity index (χ0) is 19.2. The van der Waals surface area contributed by atoms with Gasteiger partial charge in [0.25, 0.3) is 0 Å². The number of hydrogen-bond donors (Lipinski definition) is 1. The molecule has 0 bridgehead atoms. The van der Waals surface area contributed by atoms with Gasteiger partial charge in [0.2, 0.25) is 16.0 Å². The van der Waals surface area contributed by atoms with Crippen LogP contribution >= 0.6 is 0 Å². The lowest BCUT2D eigenvalue weighted by Crippen LogP contribution is -2.57. The molecule has 2 atom stereocenters. The van der Waals surface area contributed by atoms with E-state index in [1.54, 1.807) is 0 Å². The molecular formula is C19H23FN4O2S. The number of rotatable bonds is 5. The van der Waals surface area contributed by atoms with Crippen molar-refractivity contribution in [3.63, 3.8) is 0 Å². The molecule has 2 aromatic rings. The van der Waals surface area contributed by atoms with E-state index in [4.69, 9.17) is 9.97 Å². The number of halogens is 1. The number of benzene rings is 1. The van der Waals surface area contributed by atoms with E-state index in [0.29, 0.717) is 12.5 Å². The molecule has 1 N–H and O–H groups in total. The molecule has 144 valence electrons. The maximum absolute atomic E-state index is 13.6. The molecule has 6 nitrogen and oxygen atoms in total. The highest BCUT2D eigenvalue weighted by Gasteiger charge is 2.38. The Morgan fingerprint density at radius 2 is 2.11 bits per heavy atom. The first kappa shape index (κ1) is 18.3. The quantitative estimate of drug-likeness (QED) is 0.847. The molecule has 0 spiro atoms. The van der Waals surface area contributed by atoms with E-state index in [0.717, 1.165) is 53.6 Å². The molecule has 2 aliphatic rings. The van der Waals surface area contributed by atoms with Crippen LogP contribution in [0.1, 0.15) is 30.2 Å². The van der Waals surface area contributed by atoms with Crippen molar-refractivity contribution < 1.29 is 12.8 Å². The van der Waals surface area contributed by atoms with E-state index in [2.05, 4.69) is 4.72 Å². The summed E-state index contributed by atoms with van der Waals surface area (Å²) in [4.78, 5) is 11.4. The maximum atomic E-state index is 13.6. The van der Waals surface area contributed by atoms with Crippen LogP contribution in [0.5, 0.6) is 0 Å². The Labute approximate surface area is 158 Å². The monoisotopic (exact) mass is 390 g/mol. The van der Waals surface area contributed by atoms with Crippen molar-refractivity contribution in [2.24, 2.45) is 0 Å². The highest BCUT2D eigenvalue weighted by Crippen LogP contribution is 2.34. The highest BCUT2D eigenvalue weighted by molar-refractivity contribution is 7.88. The molecule has 8 heteroatoms. The van der Waals surface area contributed by atoms with Gasteiger partial charge in [0, 0.05) is 23.4 Å². The minimum absolute atomic E-state index is 0.206. The van der Waals surface area contributed by atoms with Crippen LogP contribution in [0, 0.1) is 0 Å². The van der Waals surface area contributed by atoms with Gasteiger partial charge in [0.1, 0.15) is 6.17 Å². The molecule has 1 aliphatic carbocycles. The minimum Gasteiger partial charge on any atom is -0.332 e. The summed E-state index contributed by atoms with van der Waals surface area (Å²) in [6.07, 6.45) is 3.19. The lowest BCUT2D eigenvalue weighted by molar-refractivity contribution is 0.210. The standard InChI is InChI=1S/C19H23FN4O2S/c1-12-16(20)11-24(12)19-22-17-8-4-7-15(17)18(23-19)14-6-3-5-13(9-14)10-21-27(2,25)26/h3,5-6,9,12,16,21H,4,7-8,10-11H2,1-2H3/t12-,16+/m0/s1. The van der Waals surface area contributed by atoms with Gasteiger partial charge in [-0.05, 0) is 37.8 Å². The third-order valence-corrected chi connectivity index (χ3v) is 5.97. The Hall–Kier alpha value is -2.06. The Balaban J connectivity index is 1.70. The number of aryl methyl sites for hydroxylation is 1. The lowest BCUT2D eigenvalue weighted by atomic mass is 10.0. The fourth-order valence-corrected chi connectivity index (χ4v) is 4.09. The first-order chi connectivity index (χ1) is 12.8. The van der Waals surface area contributed by atoms with Crippen LogP contribution in [0.2, 0.25) is 0 Å². The number of hydrogen-bond acceptors (Lipinski definition) is 5. The molecule has 0 amide bonds. The Kier molecular flexibility index (Phi) is 4.63. The molecule has 0 radical (unpaired) electrons. The van der Waals surface area contributed by atoms with Crippen molar-refractivity contribution >= 4 is 16.0 Å². The molecule has 1 aliphatic heterocycles. The summed E-state index contributed by atoms with van der Waals surface area (Å²) >= 11 is 0. The summed E-state index contributed by atoms with van der Waals surface area (Å²) in [5.74, 6) is 0.590. The van der Waals surface area contributed by atoms with Gasteiger partial charge in [0.05, 0.1) is 24.5 Å². The van der Waals surface area contributed by atoms with Crippen LogP contribution in [-0.4, -0.2) is 43.4 Å². The topological polar surface area (TPSA) is 75.2 Å². The SMILES string of the molecule is C[C@H]1[C@H](F)CN1c1nc2c(c(-c3cccc(CNS(C)(=O)=O)c3)n1)CCC2. The van der Waals surface area contributed by atoms with Crippen LogP contribution in [0.4, 0.5) is 10.3 Å². The molecule has 1 saturated heterocycles. The van der Waals surface area contributed by atoms with Crippen molar-refractivity contribution in [1.82, 2.24) is 14.7 Å². The van der Waals surface area contributed by atoms with E-state index in [1.165, 1.54) is 0 Å². The van der Waals surface area contributed by atoms with Crippen LogP contribution < -0.4 is 9.62 Å². The number of sulfonamides is 1. The van der Waals surface area contributed by atoms with E-state index in [9.17, 15) is 12.8 Å². The third-order valence-electron chi connectivity index (χ3n) is 5.30. The van der Waals surface area contributed by atoms with Crippen LogP contribution in [-0.2, 0) is 29.4 Å². The van der Waals surface area contributed by atoms with Gasteiger partial charge in [-0.1, -0.05) is 18.2 Å². The van der Waals surface area contributed by atoms with E-state index < -0.39 is 16.2 Å². The zero-order valence-electron chi connectivity index (χ0n) is 15.4. The second-order valence-corrected chi connectivity index (χ2v) is 9.19. The zero-order valence-corrected chi connectivity index (χ0v) is 16.3. The first-order valence-electron chi connectivity index (χ1n) is 9.16. The normalized spacial score (nSPS) is 21.8. The van der Waals surface area contributed by atoms with Gasteiger partial charge >= 0.3 is 0 Å². The number of fused-ring (bicyclic) bond motifs is 1. The summed E-state index contributed by atoms with van der Waals surface area (Å²) in [5.41, 5.74) is 4.88.